The zero-order valence-electron chi connectivity index (χ0n) is 20.8. The normalized spacial score (nSPS) is 11.2. The Morgan fingerprint density at radius 1 is 0.889 bits per heavy atom. The van der Waals surface area contributed by atoms with Crippen molar-refractivity contribution in [2.24, 2.45) is 5.10 Å². The lowest BCUT2D eigenvalue weighted by Crippen LogP contribution is -2.39. The fourth-order valence-electron chi connectivity index (χ4n) is 3.41. The second kappa shape index (κ2) is 11.6. The highest BCUT2D eigenvalue weighted by molar-refractivity contribution is 7.92. The van der Waals surface area contributed by atoms with E-state index in [9.17, 15) is 13.2 Å². The van der Waals surface area contributed by atoms with E-state index >= 15 is 0 Å². The number of sulfonamides is 1. The maximum Gasteiger partial charge on any atom is 0.264 e. The number of carbonyl (C=O) groups is 1. The molecule has 3 aromatic carbocycles. The molecule has 3 aromatic rings. The molecule has 1 N–H and O–H groups in total. The molecule has 9 nitrogen and oxygen atoms in total. The van der Waals surface area contributed by atoms with Crippen LogP contribution in [0.3, 0.4) is 0 Å². The lowest BCUT2D eigenvalue weighted by molar-refractivity contribution is -0.119. The topological polar surface area (TPSA) is 107 Å². The first-order chi connectivity index (χ1) is 17.2. The Labute approximate surface area is 211 Å². The van der Waals surface area contributed by atoms with E-state index < -0.39 is 22.5 Å². The summed E-state index contributed by atoms with van der Waals surface area (Å²) in [6.45, 7) is 3.16. The number of rotatable bonds is 10. The minimum atomic E-state index is -4.11. The Morgan fingerprint density at radius 2 is 1.53 bits per heavy atom. The summed E-state index contributed by atoms with van der Waals surface area (Å²) in [6, 6.07) is 16.7. The number of hydrogen-bond acceptors (Lipinski definition) is 7. The van der Waals surface area contributed by atoms with E-state index in [0.29, 0.717) is 22.8 Å². The summed E-state index contributed by atoms with van der Waals surface area (Å²) in [5.41, 5.74) is 4.92. The van der Waals surface area contributed by atoms with Gasteiger partial charge >= 0.3 is 0 Å². The van der Waals surface area contributed by atoms with Crippen molar-refractivity contribution in [2.45, 2.75) is 18.7 Å². The third kappa shape index (κ3) is 6.14. The number of nitrogens with zero attached hydrogens (tertiary/aromatic N) is 2. The monoisotopic (exact) mass is 511 g/mol. The molecule has 0 saturated carbocycles. The molecule has 0 fully saturated rings. The van der Waals surface area contributed by atoms with Crippen LogP contribution in [0.25, 0.3) is 0 Å². The average Bonchev–Trinajstić information content (AvgIpc) is 2.87. The maximum absolute atomic E-state index is 13.6. The predicted octanol–water partition coefficient (Wildman–Crippen LogP) is 3.67. The molecule has 10 heteroatoms. The van der Waals surface area contributed by atoms with Crippen molar-refractivity contribution >= 4 is 27.8 Å². The highest BCUT2D eigenvalue weighted by Gasteiger charge is 2.29. The molecule has 0 aliphatic rings. The number of carbonyl (C=O) groups excluding carboxylic acids is 1. The second-order valence-electron chi connectivity index (χ2n) is 7.90. The van der Waals surface area contributed by atoms with E-state index in [1.807, 2.05) is 13.8 Å². The third-order valence-electron chi connectivity index (χ3n) is 5.33. The fourth-order valence-corrected chi connectivity index (χ4v) is 4.84. The molecule has 0 aromatic heterocycles. The second-order valence-corrected chi connectivity index (χ2v) is 9.76. The van der Waals surface area contributed by atoms with Crippen molar-refractivity contribution in [3.63, 3.8) is 0 Å². The van der Waals surface area contributed by atoms with E-state index in [2.05, 4.69) is 10.5 Å². The van der Waals surface area contributed by atoms with Gasteiger partial charge in [0.25, 0.3) is 15.9 Å². The molecule has 1 amide bonds. The van der Waals surface area contributed by atoms with Crippen LogP contribution in [0.2, 0.25) is 0 Å². The molecule has 0 spiro atoms. The zero-order chi connectivity index (χ0) is 26.3. The summed E-state index contributed by atoms with van der Waals surface area (Å²) in [4.78, 5) is 12.9. The van der Waals surface area contributed by atoms with Gasteiger partial charge < -0.3 is 14.2 Å². The smallest absolute Gasteiger partial charge is 0.264 e. The van der Waals surface area contributed by atoms with Crippen molar-refractivity contribution in [2.75, 3.05) is 32.2 Å². The van der Waals surface area contributed by atoms with E-state index in [0.717, 1.165) is 15.4 Å². The third-order valence-corrected chi connectivity index (χ3v) is 7.10. The Balaban J connectivity index is 1.92. The van der Waals surface area contributed by atoms with Crippen LogP contribution >= 0.6 is 0 Å². The Hall–Kier alpha value is -4.05. The summed E-state index contributed by atoms with van der Waals surface area (Å²) < 4.78 is 44.2. The van der Waals surface area contributed by atoms with Gasteiger partial charge in [-0.25, -0.2) is 13.8 Å². The number of aryl methyl sites for hydroxylation is 2. The first kappa shape index (κ1) is 26.6. The number of methoxy groups -OCH3 is 3. The molecule has 0 atom stereocenters. The summed E-state index contributed by atoms with van der Waals surface area (Å²) in [5, 5.41) is 3.99. The lowest BCUT2D eigenvalue weighted by atomic mass is 10.2. The molecule has 0 aliphatic heterocycles. The number of nitrogens with one attached hydrogen (secondary N) is 1. The molecular weight excluding hydrogens is 482 g/mol. The van der Waals surface area contributed by atoms with Gasteiger partial charge in [-0.05, 0) is 61.9 Å². The molecule has 0 bridgehead atoms. The first-order valence-electron chi connectivity index (χ1n) is 11.0. The van der Waals surface area contributed by atoms with Gasteiger partial charge in [0.05, 0.1) is 38.1 Å². The van der Waals surface area contributed by atoms with Crippen LogP contribution in [0.15, 0.2) is 70.7 Å². The predicted molar refractivity (Wildman–Crippen MR) is 139 cm³/mol. The van der Waals surface area contributed by atoms with Gasteiger partial charge in [0.15, 0.2) is 0 Å². The van der Waals surface area contributed by atoms with Crippen LogP contribution < -0.4 is 23.9 Å². The maximum atomic E-state index is 13.6. The molecule has 3 rings (SSSR count). The Kier molecular flexibility index (Phi) is 8.55. The van der Waals surface area contributed by atoms with Gasteiger partial charge in [0.2, 0.25) is 0 Å². The molecule has 0 radical (unpaired) electrons. The number of hydrazone groups is 1. The molecule has 0 saturated heterocycles. The Bertz CT molecular complexity index is 1350. The van der Waals surface area contributed by atoms with Crippen LogP contribution in [0.4, 0.5) is 5.69 Å². The minimum absolute atomic E-state index is 0.0501. The molecule has 190 valence electrons. The van der Waals surface area contributed by atoms with Crippen LogP contribution in [0, 0.1) is 13.8 Å². The number of benzene rings is 3. The highest BCUT2D eigenvalue weighted by Crippen LogP contribution is 2.33. The molecular formula is C26H29N3O6S. The zero-order valence-corrected chi connectivity index (χ0v) is 21.6. The van der Waals surface area contributed by atoms with Gasteiger partial charge in [-0.1, -0.05) is 23.8 Å². The quantitative estimate of drug-likeness (QED) is 0.329. The average molecular weight is 512 g/mol. The molecule has 0 unspecified atom stereocenters. The van der Waals surface area contributed by atoms with Gasteiger partial charge in [-0.2, -0.15) is 5.10 Å². The number of anilines is 1. The number of amides is 1. The summed E-state index contributed by atoms with van der Waals surface area (Å²) >= 11 is 0. The summed E-state index contributed by atoms with van der Waals surface area (Å²) in [6.07, 6.45) is 1.39. The first-order valence-corrected chi connectivity index (χ1v) is 12.4. The van der Waals surface area contributed by atoms with Crippen molar-refractivity contribution < 1.29 is 27.4 Å². The molecule has 0 aliphatic carbocycles. The van der Waals surface area contributed by atoms with Crippen molar-refractivity contribution in [1.82, 2.24) is 5.43 Å². The van der Waals surface area contributed by atoms with Crippen molar-refractivity contribution in [1.29, 1.82) is 0 Å². The fraction of sp³-hybridized carbons (Fsp3) is 0.231. The van der Waals surface area contributed by atoms with Crippen LogP contribution in [0.5, 0.6) is 17.2 Å². The molecule has 0 heterocycles. The lowest BCUT2D eigenvalue weighted by Gasteiger charge is -2.25. The van der Waals surface area contributed by atoms with E-state index in [1.54, 1.807) is 48.5 Å². The van der Waals surface area contributed by atoms with Crippen molar-refractivity contribution in [3.8, 4) is 17.2 Å². The van der Waals surface area contributed by atoms with Crippen LogP contribution in [0.1, 0.15) is 16.7 Å². The largest absolute Gasteiger partial charge is 0.497 e. The van der Waals surface area contributed by atoms with E-state index in [1.165, 1.54) is 39.7 Å². The Morgan fingerprint density at radius 3 is 2.17 bits per heavy atom. The summed E-state index contributed by atoms with van der Waals surface area (Å²) in [7, 11) is 0.383. The van der Waals surface area contributed by atoms with Gasteiger partial charge in [0.1, 0.15) is 23.8 Å². The van der Waals surface area contributed by atoms with Crippen LogP contribution in [-0.4, -0.2) is 48.4 Å². The van der Waals surface area contributed by atoms with E-state index in [-0.39, 0.29) is 10.6 Å². The SMILES string of the molecule is COc1ccc(OC)c(/C=N\NC(=O)CN(c2cc(C)ccc2OC)S(=O)(=O)c2ccc(C)cc2)c1. The minimum Gasteiger partial charge on any atom is -0.497 e. The van der Waals surface area contributed by atoms with Gasteiger partial charge in [-0.15, -0.1) is 0 Å². The van der Waals surface area contributed by atoms with Crippen molar-refractivity contribution in [3.05, 3.63) is 77.4 Å². The standard InChI is InChI=1S/C26H29N3O6S/c1-18-6-10-22(11-7-18)36(31,32)29(23-14-19(2)8-12-25(23)35-5)17-26(30)28-27-16-20-15-21(33-3)9-13-24(20)34-4/h6-16H,17H2,1-5H3,(H,28,30)/b27-16-. The van der Waals surface area contributed by atoms with E-state index in [4.69, 9.17) is 14.2 Å². The number of hydrogen-bond donors (Lipinski definition) is 1. The van der Waals surface area contributed by atoms with Gasteiger partial charge in [-0.3, -0.25) is 9.10 Å². The number of ether oxygens (including phenoxy) is 3. The van der Waals surface area contributed by atoms with Gasteiger partial charge in [0, 0.05) is 5.56 Å². The molecule has 36 heavy (non-hydrogen) atoms. The summed E-state index contributed by atoms with van der Waals surface area (Å²) in [5.74, 6) is 0.786. The highest BCUT2D eigenvalue weighted by atomic mass is 32.2. The van der Waals surface area contributed by atoms with Crippen LogP contribution in [-0.2, 0) is 14.8 Å².